The highest BCUT2D eigenvalue weighted by molar-refractivity contribution is 6.10. The zero-order valence-electron chi connectivity index (χ0n) is 14.3. The molecule has 1 aromatic heterocycles. The molecule has 4 rings (SSSR count). The Labute approximate surface area is 147 Å². The summed E-state index contributed by atoms with van der Waals surface area (Å²) in [4.78, 5) is 12.6. The fourth-order valence-corrected chi connectivity index (χ4v) is 3.50. The third-order valence-corrected chi connectivity index (χ3v) is 4.69. The molecule has 1 aromatic carbocycles. The van der Waals surface area contributed by atoms with Crippen LogP contribution in [0.2, 0.25) is 0 Å². The second-order valence-corrected chi connectivity index (χ2v) is 6.37. The first-order valence-corrected chi connectivity index (χ1v) is 8.82. The maximum atomic E-state index is 12.6. The molecule has 2 aliphatic rings. The summed E-state index contributed by atoms with van der Waals surface area (Å²) in [5, 5.41) is 1.68. The Balaban J connectivity index is 2.13. The number of hydrogen-bond donors (Lipinski definition) is 0. The summed E-state index contributed by atoms with van der Waals surface area (Å²) in [6.07, 6.45) is 2.84. The minimum Gasteiger partial charge on any atom is -0.427 e. The summed E-state index contributed by atoms with van der Waals surface area (Å²) < 4.78 is 5.78. The van der Waals surface area contributed by atoms with E-state index in [9.17, 15) is 4.79 Å². The molecule has 1 heterocycles. The fraction of sp³-hybridized carbons (Fsp3) is 0.174. The van der Waals surface area contributed by atoms with E-state index in [-0.39, 0.29) is 5.63 Å². The lowest BCUT2D eigenvalue weighted by Gasteiger charge is -2.11. The van der Waals surface area contributed by atoms with Crippen LogP contribution in [0.25, 0.3) is 33.0 Å². The smallest absolute Gasteiger partial charge is 0.343 e. The van der Waals surface area contributed by atoms with Gasteiger partial charge in [-0.05, 0) is 29.2 Å². The zero-order chi connectivity index (χ0) is 17.2. The molecular weight excluding hydrogens is 308 g/mol. The summed E-state index contributed by atoms with van der Waals surface area (Å²) in [5.41, 5.74) is 4.09. The summed E-state index contributed by atoms with van der Waals surface area (Å²) >= 11 is 0. The van der Waals surface area contributed by atoms with Crippen LogP contribution >= 0.6 is 0 Å². The van der Waals surface area contributed by atoms with E-state index in [1.807, 2.05) is 42.5 Å². The normalized spacial score (nSPS) is 11.2. The Morgan fingerprint density at radius 2 is 1.56 bits per heavy atom. The topological polar surface area (TPSA) is 30.2 Å². The summed E-state index contributed by atoms with van der Waals surface area (Å²) in [6.45, 7) is 2.15. The largest absolute Gasteiger partial charge is 0.427 e. The van der Waals surface area contributed by atoms with Crippen molar-refractivity contribution in [3.05, 3.63) is 82.9 Å². The second kappa shape index (κ2) is 6.56. The molecule has 0 unspecified atom stereocenters. The molecule has 2 nitrogen and oxygen atoms in total. The number of unbranched alkanes of at least 4 members (excludes halogenated alkanes) is 1. The van der Waals surface area contributed by atoms with Crippen molar-refractivity contribution in [3.8, 4) is 22.3 Å². The molecule has 0 aliphatic heterocycles. The van der Waals surface area contributed by atoms with Crippen LogP contribution in [0.5, 0.6) is 0 Å². The van der Waals surface area contributed by atoms with Crippen LogP contribution in [-0.2, 0) is 6.42 Å². The van der Waals surface area contributed by atoms with E-state index in [1.54, 1.807) is 0 Å². The first-order chi connectivity index (χ1) is 12.3. The van der Waals surface area contributed by atoms with Crippen LogP contribution in [0, 0.1) is 0 Å². The van der Waals surface area contributed by atoms with Gasteiger partial charge in [-0.3, -0.25) is 0 Å². The predicted octanol–water partition coefficient (Wildman–Crippen LogP) is 5.91. The van der Waals surface area contributed by atoms with Gasteiger partial charge in [-0.25, -0.2) is 4.79 Å². The van der Waals surface area contributed by atoms with Crippen molar-refractivity contribution in [2.24, 2.45) is 0 Å². The van der Waals surface area contributed by atoms with Crippen molar-refractivity contribution >= 4 is 10.8 Å². The van der Waals surface area contributed by atoms with Crippen molar-refractivity contribution in [1.82, 2.24) is 0 Å². The summed E-state index contributed by atoms with van der Waals surface area (Å²) in [5.74, 6) is 0.796. The highest BCUT2D eigenvalue weighted by Gasteiger charge is 2.21. The van der Waals surface area contributed by atoms with Crippen LogP contribution in [0.4, 0.5) is 0 Å². The number of rotatable bonds is 4. The van der Waals surface area contributed by atoms with Gasteiger partial charge >= 0.3 is 5.63 Å². The van der Waals surface area contributed by atoms with Crippen molar-refractivity contribution in [1.29, 1.82) is 0 Å². The third-order valence-electron chi connectivity index (χ3n) is 4.69. The minimum atomic E-state index is -0.236. The molecule has 0 atom stereocenters. The molecule has 0 fully saturated rings. The highest BCUT2D eigenvalue weighted by Crippen LogP contribution is 2.40. The maximum absolute atomic E-state index is 12.6. The van der Waals surface area contributed by atoms with Crippen molar-refractivity contribution in [3.63, 3.8) is 0 Å². The Bertz CT molecular complexity index is 1040. The van der Waals surface area contributed by atoms with Crippen LogP contribution in [-0.4, -0.2) is 0 Å². The van der Waals surface area contributed by atoms with Gasteiger partial charge in [-0.2, -0.15) is 0 Å². The van der Waals surface area contributed by atoms with Gasteiger partial charge in [0, 0.05) is 17.4 Å². The Kier molecular flexibility index (Phi) is 4.10. The van der Waals surface area contributed by atoms with E-state index in [0.717, 1.165) is 52.7 Å². The van der Waals surface area contributed by atoms with E-state index in [2.05, 4.69) is 31.2 Å². The monoisotopic (exact) mass is 328 g/mol. The van der Waals surface area contributed by atoms with E-state index >= 15 is 0 Å². The highest BCUT2D eigenvalue weighted by atomic mass is 16.4. The van der Waals surface area contributed by atoms with Crippen LogP contribution in [0.15, 0.2) is 75.9 Å². The SMILES string of the molecule is CCCCc1oc(=O)c2cc3cccccc-3c2c1-c1ccccc1. The molecule has 0 saturated carbocycles. The molecule has 2 aliphatic carbocycles. The fourth-order valence-electron chi connectivity index (χ4n) is 3.50. The van der Waals surface area contributed by atoms with Crippen LogP contribution in [0.1, 0.15) is 25.5 Å². The quantitative estimate of drug-likeness (QED) is 0.466. The Hall–Kier alpha value is -2.87. The van der Waals surface area contributed by atoms with Crippen LogP contribution in [0.3, 0.4) is 0 Å². The molecule has 0 radical (unpaired) electrons. The summed E-state index contributed by atoms with van der Waals surface area (Å²) in [7, 11) is 0. The van der Waals surface area contributed by atoms with Gasteiger partial charge in [-0.15, -0.1) is 0 Å². The first-order valence-electron chi connectivity index (χ1n) is 8.82. The van der Waals surface area contributed by atoms with Crippen molar-refractivity contribution < 1.29 is 4.42 Å². The standard InChI is InChI=1S/C23H20O2/c1-2-3-14-20-21(16-10-6-4-7-11-16)22-18-13-9-5-8-12-17(18)15-19(22)23(24)25-20/h4-13,15H,2-3,14H2,1H3. The van der Waals surface area contributed by atoms with E-state index in [4.69, 9.17) is 4.42 Å². The molecular formula is C23H20O2. The third kappa shape index (κ3) is 2.74. The molecule has 25 heavy (non-hydrogen) atoms. The minimum absolute atomic E-state index is 0.236. The zero-order valence-corrected chi connectivity index (χ0v) is 14.3. The molecule has 0 spiro atoms. The van der Waals surface area contributed by atoms with Gasteiger partial charge in [-0.1, -0.05) is 74.0 Å². The van der Waals surface area contributed by atoms with E-state index < -0.39 is 0 Å². The van der Waals surface area contributed by atoms with Crippen molar-refractivity contribution in [2.75, 3.05) is 0 Å². The lowest BCUT2D eigenvalue weighted by atomic mass is 9.96. The van der Waals surface area contributed by atoms with Gasteiger partial charge in [0.15, 0.2) is 0 Å². The molecule has 0 saturated heterocycles. The molecule has 2 aromatic rings. The number of aryl methyl sites for hydroxylation is 1. The molecule has 0 N–H and O–H groups in total. The lowest BCUT2D eigenvalue weighted by Crippen LogP contribution is -2.04. The maximum Gasteiger partial charge on any atom is 0.343 e. The summed E-state index contributed by atoms with van der Waals surface area (Å²) in [6, 6.07) is 22.4. The van der Waals surface area contributed by atoms with Crippen molar-refractivity contribution in [2.45, 2.75) is 26.2 Å². The second-order valence-electron chi connectivity index (χ2n) is 6.37. The predicted molar refractivity (Wildman–Crippen MR) is 103 cm³/mol. The Morgan fingerprint density at radius 1 is 0.880 bits per heavy atom. The number of benzene rings is 1. The lowest BCUT2D eigenvalue weighted by molar-refractivity contribution is 0.462. The van der Waals surface area contributed by atoms with Gasteiger partial charge in [0.25, 0.3) is 0 Å². The Morgan fingerprint density at radius 3 is 2.28 bits per heavy atom. The van der Waals surface area contributed by atoms with E-state index in [1.165, 1.54) is 0 Å². The van der Waals surface area contributed by atoms with E-state index in [0.29, 0.717) is 5.39 Å². The number of hydrogen-bond acceptors (Lipinski definition) is 2. The average Bonchev–Trinajstić information content (AvgIpc) is 2.84. The molecule has 0 amide bonds. The van der Waals surface area contributed by atoms with Gasteiger partial charge in [0.2, 0.25) is 0 Å². The van der Waals surface area contributed by atoms with Crippen LogP contribution < -0.4 is 5.63 Å². The van der Waals surface area contributed by atoms with Gasteiger partial charge in [0.1, 0.15) is 5.76 Å². The molecule has 2 heteroatoms. The first kappa shape index (κ1) is 15.6. The molecule has 124 valence electrons. The molecule has 0 bridgehead atoms. The number of fused-ring (bicyclic) bond motifs is 3. The van der Waals surface area contributed by atoms with Gasteiger partial charge < -0.3 is 4.42 Å². The average molecular weight is 328 g/mol. The van der Waals surface area contributed by atoms with Gasteiger partial charge in [0.05, 0.1) is 5.39 Å².